The van der Waals surface area contributed by atoms with E-state index in [0.717, 1.165) is 0 Å². The van der Waals surface area contributed by atoms with Crippen LogP contribution in [-0.4, -0.2) is 29.0 Å². The van der Waals surface area contributed by atoms with Crippen molar-refractivity contribution in [2.24, 2.45) is 17.3 Å². The Morgan fingerprint density at radius 1 is 1.24 bits per heavy atom. The first kappa shape index (κ1) is 12.3. The SMILES string of the molecule is CCC(=O)CCCN1C(=O)C2C(C1=O)C2(C)C. The summed E-state index contributed by atoms with van der Waals surface area (Å²) >= 11 is 0. The number of rotatable bonds is 5. The fraction of sp³-hybridized carbons (Fsp3) is 0.769. The van der Waals surface area contributed by atoms with Crippen molar-refractivity contribution in [3.05, 3.63) is 0 Å². The molecule has 1 saturated carbocycles. The fourth-order valence-corrected chi connectivity index (χ4v) is 2.84. The topological polar surface area (TPSA) is 54.5 Å². The average Bonchev–Trinajstić information content (AvgIpc) is 2.74. The molecule has 0 spiro atoms. The van der Waals surface area contributed by atoms with E-state index in [0.29, 0.717) is 25.8 Å². The normalized spacial score (nSPS) is 29.5. The molecular weight excluding hydrogens is 218 g/mol. The van der Waals surface area contributed by atoms with Gasteiger partial charge in [0.15, 0.2) is 0 Å². The van der Waals surface area contributed by atoms with E-state index in [9.17, 15) is 14.4 Å². The maximum atomic E-state index is 11.9. The molecular formula is C13H19NO3. The van der Waals surface area contributed by atoms with E-state index >= 15 is 0 Å². The molecule has 0 aromatic rings. The van der Waals surface area contributed by atoms with Crippen molar-refractivity contribution in [3.63, 3.8) is 0 Å². The highest BCUT2D eigenvalue weighted by Crippen LogP contribution is 2.63. The van der Waals surface area contributed by atoms with Crippen LogP contribution >= 0.6 is 0 Å². The number of likely N-dealkylation sites (tertiary alicyclic amines) is 1. The summed E-state index contributed by atoms with van der Waals surface area (Å²) in [7, 11) is 0. The number of piperidine rings is 1. The van der Waals surface area contributed by atoms with Crippen LogP contribution in [0.5, 0.6) is 0 Å². The lowest BCUT2D eigenvalue weighted by Crippen LogP contribution is -2.37. The van der Waals surface area contributed by atoms with Crippen LogP contribution in [0, 0.1) is 17.3 Å². The number of ketones is 1. The van der Waals surface area contributed by atoms with Gasteiger partial charge in [0.1, 0.15) is 5.78 Å². The zero-order valence-corrected chi connectivity index (χ0v) is 10.7. The summed E-state index contributed by atoms with van der Waals surface area (Å²) in [6.07, 6.45) is 1.59. The molecule has 2 aliphatic rings. The third kappa shape index (κ3) is 1.79. The van der Waals surface area contributed by atoms with Gasteiger partial charge in [-0.25, -0.2) is 0 Å². The lowest BCUT2D eigenvalue weighted by molar-refractivity contribution is -0.143. The predicted octanol–water partition coefficient (Wildman–Crippen LogP) is 1.39. The molecule has 1 aliphatic carbocycles. The zero-order valence-electron chi connectivity index (χ0n) is 10.7. The number of Topliss-reactive ketones (excluding diaryl/α,β-unsaturated/α-hetero) is 1. The Kier molecular flexibility index (Phi) is 2.84. The highest BCUT2D eigenvalue weighted by atomic mass is 16.2. The van der Waals surface area contributed by atoms with E-state index in [-0.39, 0.29) is 34.8 Å². The molecule has 4 heteroatoms. The molecule has 2 atom stereocenters. The van der Waals surface area contributed by atoms with Crippen LogP contribution in [0.3, 0.4) is 0 Å². The molecule has 94 valence electrons. The van der Waals surface area contributed by atoms with Crippen molar-refractivity contribution >= 4 is 17.6 Å². The molecule has 0 radical (unpaired) electrons. The van der Waals surface area contributed by atoms with Crippen molar-refractivity contribution in [3.8, 4) is 0 Å². The maximum Gasteiger partial charge on any atom is 0.233 e. The molecule has 0 bridgehead atoms. The highest BCUT2D eigenvalue weighted by molar-refractivity contribution is 6.10. The molecule has 0 N–H and O–H groups in total. The van der Waals surface area contributed by atoms with Gasteiger partial charge >= 0.3 is 0 Å². The third-order valence-corrected chi connectivity index (χ3v) is 4.12. The summed E-state index contributed by atoms with van der Waals surface area (Å²) in [5, 5.41) is 0. The minimum Gasteiger partial charge on any atom is -0.300 e. The Morgan fingerprint density at radius 2 is 1.76 bits per heavy atom. The van der Waals surface area contributed by atoms with Crippen molar-refractivity contribution in [2.75, 3.05) is 6.54 Å². The Hall–Kier alpha value is -1.19. The van der Waals surface area contributed by atoms with Crippen molar-refractivity contribution in [1.82, 2.24) is 4.90 Å². The Labute approximate surface area is 101 Å². The van der Waals surface area contributed by atoms with Crippen LogP contribution in [0.15, 0.2) is 0 Å². The van der Waals surface area contributed by atoms with Gasteiger partial charge in [0.05, 0.1) is 11.8 Å². The number of carbonyl (C=O) groups excluding carboxylic acids is 3. The minimum absolute atomic E-state index is 0.0334. The van der Waals surface area contributed by atoms with Crippen molar-refractivity contribution in [2.45, 2.75) is 40.0 Å². The average molecular weight is 237 g/mol. The number of carbonyl (C=O) groups is 3. The molecule has 2 amide bonds. The number of fused-ring (bicyclic) bond motifs is 1. The molecule has 17 heavy (non-hydrogen) atoms. The summed E-state index contributed by atoms with van der Waals surface area (Å²) in [6.45, 7) is 6.17. The van der Waals surface area contributed by atoms with E-state index < -0.39 is 0 Å². The van der Waals surface area contributed by atoms with E-state index in [2.05, 4.69) is 0 Å². The highest BCUT2D eigenvalue weighted by Gasteiger charge is 2.72. The van der Waals surface area contributed by atoms with Gasteiger partial charge in [0.25, 0.3) is 0 Å². The first-order valence-electron chi connectivity index (χ1n) is 6.28. The molecule has 1 aliphatic heterocycles. The smallest absolute Gasteiger partial charge is 0.233 e. The Balaban J connectivity index is 1.87. The summed E-state index contributed by atoms with van der Waals surface area (Å²) in [5.41, 5.74) is -0.135. The molecule has 2 rings (SSSR count). The van der Waals surface area contributed by atoms with Crippen molar-refractivity contribution in [1.29, 1.82) is 0 Å². The second kappa shape index (κ2) is 3.93. The second-order valence-corrected chi connectivity index (χ2v) is 5.60. The van der Waals surface area contributed by atoms with Crippen LogP contribution in [0.2, 0.25) is 0 Å². The van der Waals surface area contributed by atoms with Crippen LogP contribution < -0.4 is 0 Å². The van der Waals surface area contributed by atoms with Crippen molar-refractivity contribution < 1.29 is 14.4 Å². The Bertz CT molecular complexity index is 362. The molecule has 0 aromatic heterocycles. The number of imide groups is 1. The standard InChI is InChI=1S/C13H19NO3/c1-4-8(15)6-5-7-14-11(16)9-10(12(14)17)13(9,2)3/h9-10H,4-7H2,1-3H3. The number of nitrogens with zero attached hydrogens (tertiary/aromatic N) is 1. The summed E-state index contributed by atoms with van der Waals surface area (Å²) in [4.78, 5) is 36.4. The van der Waals surface area contributed by atoms with Gasteiger partial charge in [0.2, 0.25) is 11.8 Å². The summed E-state index contributed by atoms with van der Waals surface area (Å²) < 4.78 is 0. The van der Waals surface area contributed by atoms with Gasteiger partial charge in [-0.2, -0.15) is 0 Å². The van der Waals surface area contributed by atoms with Gasteiger partial charge in [-0.05, 0) is 11.8 Å². The molecule has 1 heterocycles. The largest absolute Gasteiger partial charge is 0.300 e. The minimum atomic E-state index is -0.135. The first-order valence-corrected chi connectivity index (χ1v) is 6.28. The monoisotopic (exact) mass is 237 g/mol. The quantitative estimate of drug-likeness (QED) is 0.679. The van der Waals surface area contributed by atoms with E-state index in [1.54, 1.807) is 0 Å². The van der Waals surface area contributed by atoms with E-state index in [1.165, 1.54) is 4.90 Å². The lowest BCUT2D eigenvalue weighted by atomic mass is 10.1. The maximum absolute atomic E-state index is 11.9. The van der Waals surface area contributed by atoms with E-state index in [1.807, 2.05) is 20.8 Å². The summed E-state index contributed by atoms with van der Waals surface area (Å²) in [5.74, 6) is -0.0776. The number of amides is 2. The van der Waals surface area contributed by atoms with Crippen LogP contribution in [0.25, 0.3) is 0 Å². The van der Waals surface area contributed by atoms with E-state index in [4.69, 9.17) is 0 Å². The lowest BCUT2D eigenvalue weighted by Gasteiger charge is -2.20. The van der Waals surface area contributed by atoms with Gasteiger partial charge in [0, 0.05) is 19.4 Å². The van der Waals surface area contributed by atoms with Gasteiger partial charge in [-0.1, -0.05) is 20.8 Å². The van der Waals surface area contributed by atoms with Crippen LogP contribution in [0.4, 0.5) is 0 Å². The molecule has 0 aromatic carbocycles. The fourth-order valence-electron chi connectivity index (χ4n) is 2.84. The number of hydrogen-bond acceptors (Lipinski definition) is 3. The molecule has 2 unspecified atom stereocenters. The van der Waals surface area contributed by atoms with Gasteiger partial charge in [-0.15, -0.1) is 0 Å². The Morgan fingerprint density at radius 3 is 2.24 bits per heavy atom. The molecule has 2 fully saturated rings. The number of hydrogen-bond donors (Lipinski definition) is 0. The van der Waals surface area contributed by atoms with Crippen LogP contribution in [0.1, 0.15) is 40.0 Å². The molecule has 1 saturated heterocycles. The summed E-state index contributed by atoms with van der Waals surface area (Å²) in [6, 6.07) is 0. The second-order valence-electron chi connectivity index (χ2n) is 5.60. The zero-order chi connectivity index (χ0) is 12.8. The molecule has 4 nitrogen and oxygen atoms in total. The van der Waals surface area contributed by atoms with Gasteiger partial charge in [-0.3, -0.25) is 19.3 Å². The van der Waals surface area contributed by atoms with Gasteiger partial charge < -0.3 is 0 Å². The third-order valence-electron chi connectivity index (χ3n) is 4.12. The first-order chi connectivity index (χ1) is 7.91. The predicted molar refractivity (Wildman–Crippen MR) is 62.0 cm³/mol. The van der Waals surface area contributed by atoms with Crippen LogP contribution in [-0.2, 0) is 14.4 Å².